The quantitative estimate of drug-likeness (QED) is 0.733. The lowest BCUT2D eigenvalue weighted by atomic mass is 9.81. The average Bonchev–Trinajstić information content (AvgIpc) is 2.36. The Morgan fingerprint density at radius 2 is 2.21 bits per heavy atom. The molecule has 1 aliphatic rings. The first-order valence-corrected chi connectivity index (χ1v) is 9.50. The molecule has 5 nitrogen and oxygen atoms in total. The van der Waals surface area contributed by atoms with Crippen molar-refractivity contribution in [2.24, 2.45) is 0 Å². The van der Waals surface area contributed by atoms with E-state index in [-0.39, 0.29) is 11.7 Å². The van der Waals surface area contributed by atoms with Gasteiger partial charge in [-0.3, -0.25) is 4.79 Å². The lowest BCUT2D eigenvalue weighted by molar-refractivity contribution is -0.149. The highest BCUT2D eigenvalue weighted by atomic mass is 32.2. The monoisotopic (exact) mass is 309 g/mol. The van der Waals surface area contributed by atoms with Gasteiger partial charge in [-0.05, 0) is 32.7 Å². The van der Waals surface area contributed by atoms with E-state index in [1.165, 1.54) is 13.4 Å². The third kappa shape index (κ3) is 4.96. The van der Waals surface area contributed by atoms with E-state index < -0.39 is 15.4 Å². The van der Waals surface area contributed by atoms with Gasteiger partial charge in [0.05, 0.1) is 12.9 Å². The molecule has 2 atom stereocenters. The Kier molecular flexibility index (Phi) is 6.14. The lowest BCUT2D eigenvalue weighted by Crippen LogP contribution is -2.54. The zero-order valence-corrected chi connectivity index (χ0v) is 13.4. The van der Waals surface area contributed by atoms with Crippen LogP contribution in [-0.4, -0.2) is 57.1 Å². The molecule has 1 fully saturated rings. The number of rotatable bonds is 6. The van der Waals surface area contributed by atoms with Crippen molar-refractivity contribution in [1.29, 1.82) is 0 Å². The number of nitrogens with one attached hydrogen (secondary N) is 1. The summed E-state index contributed by atoms with van der Waals surface area (Å²) in [5.41, 5.74) is -0.601. The van der Waals surface area contributed by atoms with Crippen LogP contribution in [0.3, 0.4) is 0 Å². The van der Waals surface area contributed by atoms with E-state index in [0.29, 0.717) is 17.4 Å². The predicted molar refractivity (Wildman–Crippen MR) is 78.2 cm³/mol. The Labute approximate surface area is 119 Å². The fourth-order valence-corrected chi connectivity index (χ4v) is 5.11. The fourth-order valence-electron chi connectivity index (χ4n) is 2.44. The SMILES string of the molecule is CNC1(C(=O)OC)CCCC(SCCS(C)(=O)=O)C1. The number of thioether (sulfide) groups is 1. The van der Waals surface area contributed by atoms with Gasteiger partial charge in [0.15, 0.2) is 0 Å². The summed E-state index contributed by atoms with van der Waals surface area (Å²) in [7, 11) is 0.275. The molecule has 0 aromatic carbocycles. The van der Waals surface area contributed by atoms with Gasteiger partial charge in [0.25, 0.3) is 0 Å². The van der Waals surface area contributed by atoms with Crippen molar-refractivity contribution < 1.29 is 17.9 Å². The normalized spacial score (nSPS) is 28.1. The van der Waals surface area contributed by atoms with E-state index in [1.54, 1.807) is 18.8 Å². The van der Waals surface area contributed by atoms with Gasteiger partial charge in [-0.2, -0.15) is 11.8 Å². The summed E-state index contributed by atoms with van der Waals surface area (Å²) in [5.74, 6) is 0.562. The number of carbonyl (C=O) groups excluding carboxylic acids is 1. The van der Waals surface area contributed by atoms with Crippen molar-refractivity contribution in [2.45, 2.75) is 36.5 Å². The molecule has 0 amide bonds. The molecule has 0 bridgehead atoms. The van der Waals surface area contributed by atoms with Gasteiger partial charge in [-0.1, -0.05) is 0 Å². The van der Waals surface area contributed by atoms with Gasteiger partial charge in [0.2, 0.25) is 0 Å². The second kappa shape index (κ2) is 6.95. The third-order valence-electron chi connectivity index (χ3n) is 3.57. The van der Waals surface area contributed by atoms with Gasteiger partial charge in [0, 0.05) is 17.3 Å². The number of hydrogen-bond acceptors (Lipinski definition) is 6. The topological polar surface area (TPSA) is 72.5 Å². The van der Waals surface area contributed by atoms with Crippen molar-refractivity contribution in [3.05, 3.63) is 0 Å². The van der Waals surface area contributed by atoms with Crippen LogP contribution in [0.4, 0.5) is 0 Å². The van der Waals surface area contributed by atoms with E-state index in [0.717, 1.165) is 19.3 Å². The highest BCUT2D eigenvalue weighted by Gasteiger charge is 2.42. The molecule has 1 N–H and O–H groups in total. The maximum atomic E-state index is 11.9. The number of sulfone groups is 1. The molecule has 112 valence electrons. The third-order valence-corrected chi connectivity index (χ3v) is 6.09. The summed E-state index contributed by atoms with van der Waals surface area (Å²) in [6.45, 7) is 0. The minimum absolute atomic E-state index is 0.193. The van der Waals surface area contributed by atoms with Crippen LogP contribution in [0.15, 0.2) is 0 Å². The molecule has 0 heterocycles. The Hall–Kier alpha value is -0.270. The number of likely N-dealkylation sites (N-methyl/N-ethyl adjacent to an activating group) is 1. The molecule has 0 aromatic heterocycles. The molecule has 2 unspecified atom stereocenters. The zero-order valence-electron chi connectivity index (χ0n) is 11.8. The number of esters is 1. The predicted octanol–water partition coefficient (Wildman–Crippen LogP) is 0.838. The highest BCUT2D eigenvalue weighted by Crippen LogP contribution is 2.35. The van der Waals surface area contributed by atoms with E-state index >= 15 is 0 Å². The average molecular weight is 309 g/mol. The van der Waals surface area contributed by atoms with Crippen molar-refractivity contribution >= 4 is 27.6 Å². The maximum absolute atomic E-state index is 11.9. The minimum atomic E-state index is -2.91. The van der Waals surface area contributed by atoms with Gasteiger partial charge in [-0.25, -0.2) is 8.42 Å². The smallest absolute Gasteiger partial charge is 0.326 e. The second-order valence-electron chi connectivity index (χ2n) is 5.04. The summed E-state index contributed by atoms with van der Waals surface area (Å²) in [4.78, 5) is 11.9. The molecule has 1 saturated carbocycles. The Morgan fingerprint density at radius 3 is 2.74 bits per heavy atom. The Bertz CT molecular complexity index is 410. The number of methoxy groups -OCH3 is 1. The Balaban J connectivity index is 2.56. The molecule has 19 heavy (non-hydrogen) atoms. The van der Waals surface area contributed by atoms with E-state index in [9.17, 15) is 13.2 Å². The molecule has 7 heteroatoms. The number of carbonyl (C=O) groups is 1. The molecule has 0 aromatic rings. The first-order chi connectivity index (χ1) is 8.83. The van der Waals surface area contributed by atoms with Crippen molar-refractivity contribution in [3.8, 4) is 0 Å². The van der Waals surface area contributed by atoms with Crippen molar-refractivity contribution in [1.82, 2.24) is 5.32 Å². The molecule has 1 rings (SSSR count). The molecule has 0 saturated heterocycles. The number of ether oxygens (including phenoxy) is 1. The van der Waals surface area contributed by atoms with Gasteiger partial charge >= 0.3 is 5.97 Å². The largest absolute Gasteiger partial charge is 0.468 e. The van der Waals surface area contributed by atoms with Crippen LogP contribution in [-0.2, 0) is 19.4 Å². The van der Waals surface area contributed by atoms with Gasteiger partial charge < -0.3 is 10.1 Å². The van der Waals surface area contributed by atoms with E-state index in [1.807, 2.05) is 0 Å². The summed E-state index contributed by atoms with van der Waals surface area (Å²) in [6, 6.07) is 0. The molecular weight excluding hydrogens is 286 g/mol. The van der Waals surface area contributed by atoms with Crippen LogP contribution in [0.5, 0.6) is 0 Å². The minimum Gasteiger partial charge on any atom is -0.468 e. The van der Waals surface area contributed by atoms with Crippen LogP contribution in [0.2, 0.25) is 0 Å². The second-order valence-corrected chi connectivity index (χ2v) is 8.71. The molecule has 0 aliphatic heterocycles. The first-order valence-electron chi connectivity index (χ1n) is 6.39. The van der Waals surface area contributed by atoms with Crippen LogP contribution in [0.1, 0.15) is 25.7 Å². The van der Waals surface area contributed by atoms with Crippen LogP contribution in [0, 0.1) is 0 Å². The summed E-state index contributed by atoms with van der Waals surface area (Å²) in [5, 5.41) is 3.41. The standard InChI is InChI=1S/C12H23NO4S2/c1-13-12(11(14)17-2)6-4-5-10(9-12)18-7-8-19(3,15)16/h10,13H,4-9H2,1-3H3. The molecule has 1 aliphatic carbocycles. The molecule has 0 radical (unpaired) electrons. The van der Waals surface area contributed by atoms with Crippen molar-refractivity contribution in [3.63, 3.8) is 0 Å². The van der Waals surface area contributed by atoms with Crippen LogP contribution in [0.25, 0.3) is 0 Å². The summed E-state index contributed by atoms with van der Waals surface area (Å²) >= 11 is 1.64. The number of hydrogen-bond donors (Lipinski definition) is 1. The molecular formula is C12H23NO4S2. The van der Waals surface area contributed by atoms with Gasteiger partial charge in [-0.15, -0.1) is 0 Å². The van der Waals surface area contributed by atoms with Crippen LogP contribution < -0.4 is 5.32 Å². The van der Waals surface area contributed by atoms with E-state index in [4.69, 9.17) is 4.74 Å². The van der Waals surface area contributed by atoms with Gasteiger partial charge in [0.1, 0.15) is 15.4 Å². The Morgan fingerprint density at radius 1 is 1.53 bits per heavy atom. The maximum Gasteiger partial charge on any atom is 0.326 e. The van der Waals surface area contributed by atoms with E-state index in [2.05, 4.69) is 5.32 Å². The fraction of sp³-hybridized carbons (Fsp3) is 0.917. The van der Waals surface area contributed by atoms with Crippen molar-refractivity contribution in [2.75, 3.05) is 31.9 Å². The summed E-state index contributed by atoms with van der Waals surface area (Å²) in [6.07, 6.45) is 4.70. The highest BCUT2D eigenvalue weighted by molar-refractivity contribution is 8.01. The molecule has 0 spiro atoms. The van der Waals surface area contributed by atoms with Crippen LogP contribution >= 0.6 is 11.8 Å². The lowest BCUT2D eigenvalue weighted by Gasteiger charge is -2.38. The first kappa shape index (κ1) is 16.8. The zero-order chi connectivity index (χ0) is 14.5. The summed E-state index contributed by atoms with van der Waals surface area (Å²) < 4.78 is 27.1.